The first-order valence-electron chi connectivity index (χ1n) is 9.54. The Morgan fingerprint density at radius 1 is 1.16 bits per heavy atom. The van der Waals surface area contributed by atoms with Crippen molar-refractivity contribution in [2.45, 2.75) is 39.2 Å². The fourth-order valence-electron chi connectivity index (χ4n) is 3.13. The van der Waals surface area contributed by atoms with Crippen LogP contribution in [0, 0.1) is 5.92 Å². The number of ether oxygens (including phenoxy) is 1. The average molecular weight is 348 g/mol. The van der Waals surface area contributed by atoms with E-state index in [1.165, 1.54) is 5.56 Å². The molecule has 1 saturated heterocycles. The third-order valence-electron chi connectivity index (χ3n) is 4.50. The van der Waals surface area contributed by atoms with Crippen molar-refractivity contribution in [3.63, 3.8) is 0 Å². The Morgan fingerprint density at radius 2 is 1.88 bits per heavy atom. The molecule has 1 unspecified atom stereocenters. The Hall–Kier alpha value is -1.59. The molecule has 1 fully saturated rings. The maximum absolute atomic E-state index is 12.2. The van der Waals surface area contributed by atoms with E-state index in [-0.39, 0.29) is 12.1 Å². The van der Waals surface area contributed by atoms with Gasteiger partial charge in [0.2, 0.25) is 0 Å². The van der Waals surface area contributed by atoms with Crippen LogP contribution in [0.15, 0.2) is 30.3 Å². The molecule has 1 aliphatic heterocycles. The predicted molar refractivity (Wildman–Crippen MR) is 102 cm³/mol. The fourth-order valence-corrected chi connectivity index (χ4v) is 3.13. The molecule has 0 aliphatic carbocycles. The van der Waals surface area contributed by atoms with E-state index in [4.69, 9.17) is 4.74 Å². The second kappa shape index (κ2) is 11.1. The molecule has 1 heterocycles. The van der Waals surface area contributed by atoms with Gasteiger partial charge < -0.3 is 15.4 Å². The zero-order chi connectivity index (χ0) is 17.9. The van der Waals surface area contributed by atoms with Gasteiger partial charge in [-0.05, 0) is 37.3 Å². The molecule has 2 amide bonds. The number of hydrogen-bond donors (Lipinski definition) is 2. The van der Waals surface area contributed by atoms with Gasteiger partial charge in [0.05, 0.1) is 19.3 Å². The summed E-state index contributed by atoms with van der Waals surface area (Å²) in [5.41, 5.74) is 1.17. The van der Waals surface area contributed by atoms with E-state index in [0.29, 0.717) is 5.92 Å². The smallest absolute Gasteiger partial charge is 0.315 e. The molecule has 0 spiro atoms. The normalized spacial score (nSPS) is 16.6. The Morgan fingerprint density at radius 3 is 2.56 bits per heavy atom. The summed E-state index contributed by atoms with van der Waals surface area (Å²) < 4.78 is 5.35. The lowest BCUT2D eigenvalue weighted by atomic mass is 9.97. The lowest BCUT2D eigenvalue weighted by Crippen LogP contribution is -2.39. The molecule has 5 nitrogen and oxygen atoms in total. The van der Waals surface area contributed by atoms with Gasteiger partial charge in [0.1, 0.15) is 0 Å². The zero-order valence-electron chi connectivity index (χ0n) is 15.7. The van der Waals surface area contributed by atoms with E-state index < -0.39 is 0 Å². The summed E-state index contributed by atoms with van der Waals surface area (Å²) in [6.07, 6.45) is 3.05. The van der Waals surface area contributed by atoms with Crippen molar-refractivity contribution >= 4 is 6.03 Å². The number of morpholine rings is 1. The maximum Gasteiger partial charge on any atom is 0.315 e. The molecule has 1 aromatic carbocycles. The minimum absolute atomic E-state index is 0.0644. The molecule has 5 heteroatoms. The number of urea groups is 1. The van der Waals surface area contributed by atoms with Crippen molar-refractivity contribution in [3.8, 4) is 0 Å². The van der Waals surface area contributed by atoms with E-state index >= 15 is 0 Å². The van der Waals surface area contributed by atoms with Crippen molar-refractivity contribution in [2.75, 3.05) is 39.4 Å². The van der Waals surface area contributed by atoms with Crippen LogP contribution in [0.2, 0.25) is 0 Å². The van der Waals surface area contributed by atoms with Crippen LogP contribution in [0.5, 0.6) is 0 Å². The van der Waals surface area contributed by atoms with Crippen LogP contribution in [0.1, 0.15) is 44.7 Å². The van der Waals surface area contributed by atoms with Gasteiger partial charge in [-0.3, -0.25) is 4.90 Å². The predicted octanol–water partition coefficient (Wildman–Crippen LogP) is 3.19. The lowest BCUT2D eigenvalue weighted by Gasteiger charge is -2.26. The highest BCUT2D eigenvalue weighted by Gasteiger charge is 2.15. The summed E-state index contributed by atoms with van der Waals surface area (Å²) in [5, 5.41) is 6.13. The van der Waals surface area contributed by atoms with Crippen LogP contribution >= 0.6 is 0 Å². The van der Waals surface area contributed by atoms with Gasteiger partial charge in [-0.15, -0.1) is 0 Å². The molecular formula is C20H33N3O2. The van der Waals surface area contributed by atoms with Gasteiger partial charge in [0, 0.05) is 19.6 Å². The third-order valence-corrected chi connectivity index (χ3v) is 4.50. The summed E-state index contributed by atoms with van der Waals surface area (Å²) >= 11 is 0. The van der Waals surface area contributed by atoms with Gasteiger partial charge in [0.15, 0.2) is 0 Å². The Balaban J connectivity index is 1.66. The fraction of sp³-hybridized carbons (Fsp3) is 0.650. The molecule has 1 aromatic rings. The molecule has 2 N–H and O–H groups in total. The van der Waals surface area contributed by atoms with Crippen LogP contribution < -0.4 is 10.6 Å². The first-order valence-corrected chi connectivity index (χ1v) is 9.54. The molecule has 0 aromatic heterocycles. The minimum Gasteiger partial charge on any atom is -0.379 e. The number of rotatable bonds is 9. The first-order chi connectivity index (χ1) is 12.1. The number of benzene rings is 1. The minimum atomic E-state index is -0.0686. The highest BCUT2D eigenvalue weighted by atomic mass is 16.5. The van der Waals surface area contributed by atoms with E-state index in [1.807, 2.05) is 18.2 Å². The number of amides is 2. The molecule has 0 saturated carbocycles. The van der Waals surface area contributed by atoms with Gasteiger partial charge in [0.25, 0.3) is 0 Å². The molecule has 140 valence electrons. The first kappa shape index (κ1) is 19.7. The van der Waals surface area contributed by atoms with Crippen molar-refractivity contribution in [2.24, 2.45) is 5.92 Å². The largest absolute Gasteiger partial charge is 0.379 e. The summed E-state index contributed by atoms with van der Waals surface area (Å²) in [5.74, 6) is 0.527. The van der Waals surface area contributed by atoms with Crippen molar-refractivity contribution in [1.29, 1.82) is 0 Å². The number of carbonyl (C=O) groups is 1. The van der Waals surface area contributed by atoms with Gasteiger partial charge in [-0.1, -0.05) is 44.2 Å². The molecule has 1 aliphatic rings. The Labute approximate surface area is 152 Å². The molecule has 2 rings (SSSR count). The molecular weight excluding hydrogens is 314 g/mol. The lowest BCUT2D eigenvalue weighted by molar-refractivity contribution is 0.0372. The quantitative estimate of drug-likeness (QED) is 0.675. The maximum atomic E-state index is 12.2. The number of unbranched alkanes of at least 4 members (excludes halogenated alkanes) is 1. The van der Waals surface area contributed by atoms with Crippen LogP contribution in [0.3, 0.4) is 0 Å². The van der Waals surface area contributed by atoms with Crippen LogP contribution in [-0.2, 0) is 4.74 Å². The standard InChI is InChI=1S/C20H33N3O2/c1-17(2)16-19(18-8-4-3-5-9-18)22-20(24)21-10-6-7-11-23-12-14-25-15-13-23/h3-5,8-9,17,19H,6-7,10-16H2,1-2H3,(H2,21,22,24). The summed E-state index contributed by atoms with van der Waals surface area (Å²) in [6.45, 7) is 9.92. The number of carbonyl (C=O) groups excluding carboxylic acids is 1. The second-order valence-electron chi connectivity index (χ2n) is 7.15. The highest BCUT2D eigenvalue weighted by Crippen LogP contribution is 2.20. The van der Waals surface area contributed by atoms with E-state index in [0.717, 1.165) is 58.7 Å². The number of hydrogen-bond acceptors (Lipinski definition) is 3. The van der Waals surface area contributed by atoms with Gasteiger partial charge in [-0.25, -0.2) is 4.79 Å². The molecule has 25 heavy (non-hydrogen) atoms. The van der Waals surface area contributed by atoms with Crippen LogP contribution in [0.4, 0.5) is 4.79 Å². The van der Waals surface area contributed by atoms with Gasteiger partial charge in [-0.2, -0.15) is 0 Å². The van der Waals surface area contributed by atoms with Crippen LogP contribution in [0.25, 0.3) is 0 Å². The summed E-state index contributed by atoms with van der Waals surface area (Å²) in [6, 6.07) is 10.2. The Kier molecular flexibility index (Phi) is 8.77. The highest BCUT2D eigenvalue weighted by molar-refractivity contribution is 5.74. The van der Waals surface area contributed by atoms with Crippen molar-refractivity contribution < 1.29 is 9.53 Å². The Bertz CT molecular complexity index is 487. The third kappa shape index (κ3) is 7.88. The topological polar surface area (TPSA) is 53.6 Å². The molecule has 0 bridgehead atoms. The zero-order valence-corrected chi connectivity index (χ0v) is 15.7. The van der Waals surface area contributed by atoms with E-state index in [1.54, 1.807) is 0 Å². The van der Waals surface area contributed by atoms with E-state index in [2.05, 4.69) is 41.5 Å². The number of nitrogens with zero attached hydrogens (tertiary/aromatic N) is 1. The van der Waals surface area contributed by atoms with Crippen molar-refractivity contribution in [3.05, 3.63) is 35.9 Å². The number of nitrogens with one attached hydrogen (secondary N) is 2. The SMILES string of the molecule is CC(C)CC(NC(=O)NCCCCN1CCOCC1)c1ccccc1. The summed E-state index contributed by atoms with van der Waals surface area (Å²) in [4.78, 5) is 14.7. The second-order valence-corrected chi connectivity index (χ2v) is 7.15. The van der Waals surface area contributed by atoms with Crippen LogP contribution in [-0.4, -0.2) is 50.3 Å². The van der Waals surface area contributed by atoms with Crippen molar-refractivity contribution in [1.82, 2.24) is 15.5 Å². The van der Waals surface area contributed by atoms with E-state index in [9.17, 15) is 4.79 Å². The van der Waals surface area contributed by atoms with Gasteiger partial charge >= 0.3 is 6.03 Å². The monoisotopic (exact) mass is 347 g/mol. The summed E-state index contributed by atoms with van der Waals surface area (Å²) in [7, 11) is 0. The molecule has 0 radical (unpaired) electrons. The molecule has 1 atom stereocenters. The average Bonchev–Trinajstić information content (AvgIpc) is 2.62.